The van der Waals surface area contributed by atoms with Crippen LogP contribution in [0.25, 0.3) is 0 Å². The third-order valence-corrected chi connectivity index (χ3v) is 5.21. The second-order valence-electron chi connectivity index (χ2n) is 6.13. The lowest BCUT2D eigenvalue weighted by molar-refractivity contribution is 0.292. The molecule has 0 aliphatic carbocycles. The van der Waals surface area contributed by atoms with Gasteiger partial charge in [0.05, 0.1) is 4.75 Å². The molecule has 0 amide bonds. The van der Waals surface area contributed by atoms with Gasteiger partial charge in [0.15, 0.2) is 0 Å². The first-order valence-corrected chi connectivity index (χ1v) is 8.10. The average molecular weight is 314 g/mol. The normalized spacial score (nSPS) is 16.2. The maximum atomic E-state index is 12.1. The van der Waals surface area contributed by atoms with E-state index in [1.807, 2.05) is 20.8 Å². The summed E-state index contributed by atoms with van der Waals surface area (Å²) in [5.41, 5.74) is -0.0773. The molecule has 3 nitrogen and oxygen atoms in total. The highest BCUT2D eigenvalue weighted by molar-refractivity contribution is 9.09. The molecule has 0 aliphatic rings. The summed E-state index contributed by atoms with van der Waals surface area (Å²) >= 11 is 3.37. The van der Waals surface area contributed by atoms with Crippen LogP contribution in [0.4, 0.5) is 0 Å². The molecule has 0 fully saturated rings. The third-order valence-electron chi connectivity index (χ3n) is 2.55. The number of halogens is 1. The highest BCUT2D eigenvalue weighted by Gasteiger charge is 2.34. The minimum absolute atomic E-state index is 0.0453. The van der Waals surface area contributed by atoms with E-state index in [9.17, 15) is 8.42 Å². The zero-order valence-corrected chi connectivity index (χ0v) is 13.5. The Balaban J connectivity index is 4.92. The van der Waals surface area contributed by atoms with E-state index in [-0.39, 0.29) is 11.5 Å². The van der Waals surface area contributed by atoms with Crippen molar-refractivity contribution < 1.29 is 8.42 Å². The van der Waals surface area contributed by atoms with Crippen molar-refractivity contribution in [3.63, 3.8) is 0 Å². The van der Waals surface area contributed by atoms with Gasteiger partial charge in [-0.25, -0.2) is 13.1 Å². The fraction of sp³-hybridized carbons (Fsp3) is 1.00. The summed E-state index contributed by atoms with van der Waals surface area (Å²) in [4.78, 5) is 0. The molecule has 1 atom stereocenters. The van der Waals surface area contributed by atoms with Crippen LogP contribution in [0.1, 0.15) is 48.0 Å². The van der Waals surface area contributed by atoms with Crippen molar-refractivity contribution in [3.8, 4) is 0 Å². The van der Waals surface area contributed by atoms with Crippen molar-refractivity contribution in [1.29, 1.82) is 0 Å². The van der Waals surface area contributed by atoms with Crippen LogP contribution in [0, 0.1) is 5.41 Å². The van der Waals surface area contributed by atoms with E-state index in [1.165, 1.54) is 0 Å². The number of hydrogen-bond acceptors (Lipinski definition) is 2. The molecule has 0 aromatic rings. The van der Waals surface area contributed by atoms with Crippen LogP contribution in [-0.2, 0) is 10.0 Å². The smallest absolute Gasteiger partial charge is 0.212 e. The van der Waals surface area contributed by atoms with Crippen LogP contribution < -0.4 is 4.72 Å². The lowest BCUT2D eigenvalue weighted by Crippen LogP contribution is -2.49. The van der Waals surface area contributed by atoms with Crippen LogP contribution in [0.5, 0.6) is 0 Å². The van der Waals surface area contributed by atoms with E-state index in [0.717, 1.165) is 11.8 Å². The predicted octanol–water partition coefficient (Wildman–Crippen LogP) is 2.90. The first-order valence-electron chi connectivity index (χ1n) is 5.49. The number of nitrogens with one attached hydrogen (secondary N) is 1. The summed E-state index contributed by atoms with van der Waals surface area (Å²) in [7, 11) is -3.27. The van der Waals surface area contributed by atoms with Gasteiger partial charge in [0.1, 0.15) is 0 Å². The number of alkyl halides is 1. The minimum atomic E-state index is -3.27. The Kier molecular flexibility index (Phi) is 5.49. The Morgan fingerprint density at radius 2 is 1.56 bits per heavy atom. The second-order valence-corrected chi connectivity index (χ2v) is 9.39. The van der Waals surface area contributed by atoms with Crippen molar-refractivity contribution in [3.05, 3.63) is 0 Å². The average Bonchev–Trinajstić information content (AvgIpc) is 1.99. The van der Waals surface area contributed by atoms with Gasteiger partial charge in [-0.2, -0.15) is 0 Å². The molecule has 0 saturated heterocycles. The van der Waals surface area contributed by atoms with Crippen LogP contribution in [0.15, 0.2) is 0 Å². The van der Waals surface area contributed by atoms with Crippen molar-refractivity contribution in [2.75, 3.05) is 5.33 Å². The van der Waals surface area contributed by atoms with E-state index >= 15 is 0 Å². The fourth-order valence-corrected chi connectivity index (χ4v) is 2.80. The lowest BCUT2D eigenvalue weighted by Gasteiger charge is -2.33. The van der Waals surface area contributed by atoms with Crippen LogP contribution in [0.3, 0.4) is 0 Å². The van der Waals surface area contributed by atoms with Gasteiger partial charge in [-0.15, -0.1) is 0 Å². The Labute approximate surface area is 109 Å². The Bertz CT molecular complexity index is 312. The molecule has 16 heavy (non-hydrogen) atoms. The van der Waals surface area contributed by atoms with Crippen LogP contribution in [0.2, 0.25) is 0 Å². The molecule has 5 heteroatoms. The maximum absolute atomic E-state index is 12.1. The zero-order chi connectivity index (χ0) is 13.2. The van der Waals surface area contributed by atoms with Gasteiger partial charge in [0.2, 0.25) is 10.0 Å². The highest BCUT2D eigenvalue weighted by atomic mass is 79.9. The lowest BCUT2D eigenvalue weighted by atomic mass is 9.86. The molecule has 0 rings (SSSR count). The molecular formula is C11H24BrNO2S. The van der Waals surface area contributed by atoms with Crippen molar-refractivity contribution in [1.82, 2.24) is 4.72 Å². The molecule has 1 N–H and O–H groups in total. The van der Waals surface area contributed by atoms with Gasteiger partial charge in [0, 0.05) is 11.4 Å². The summed E-state index contributed by atoms with van der Waals surface area (Å²) in [6.07, 6.45) is 0.790. The Morgan fingerprint density at radius 1 is 1.12 bits per heavy atom. The van der Waals surface area contributed by atoms with Crippen LogP contribution >= 0.6 is 15.9 Å². The Morgan fingerprint density at radius 3 is 1.81 bits per heavy atom. The standard InChI is InChI=1S/C11H24BrNO2S/c1-10(2,3)9(7-8-12)13-16(14,15)11(4,5)6/h9,13H,7-8H2,1-6H3. The molecule has 0 spiro atoms. The minimum Gasteiger partial charge on any atom is -0.212 e. The number of hydrogen-bond donors (Lipinski definition) is 1. The first-order chi connectivity index (χ1) is 6.92. The summed E-state index contributed by atoms with van der Waals surface area (Å²) in [5, 5.41) is 0.793. The third kappa shape index (κ3) is 4.72. The van der Waals surface area contributed by atoms with Crippen molar-refractivity contribution in [2.45, 2.75) is 58.8 Å². The molecule has 98 valence electrons. The fourth-order valence-electron chi connectivity index (χ4n) is 1.14. The molecule has 1 unspecified atom stereocenters. The number of rotatable bonds is 4. The zero-order valence-electron chi connectivity index (χ0n) is 11.1. The molecule has 0 saturated carbocycles. The molecule has 0 aromatic carbocycles. The van der Waals surface area contributed by atoms with Crippen LogP contribution in [-0.4, -0.2) is 24.5 Å². The van der Waals surface area contributed by atoms with E-state index in [4.69, 9.17) is 0 Å². The molecule has 0 bridgehead atoms. The maximum Gasteiger partial charge on any atom is 0.216 e. The number of sulfonamides is 1. The summed E-state index contributed by atoms with van der Waals surface area (Å²) in [5.74, 6) is 0. The quantitative estimate of drug-likeness (QED) is 0.811. The summed E-state index contributed by atoms with van der Waals surface area (Å²) in [6.45, 7) is 11.3. The highest BCUT2D eigenvalue weighted by Crippen LogP contribution is 2.25. The molecule has 0 heterocycles. The topological polar surface area (TPSA) is 46.2 Å². The molecule has 0 radical (unpaired) electrons. The largest absolute Gasteiger partial charge is 0.216 e. The first kappa shape index (κ1) is 16.4. The second kappa shape index (κ2) is 5.36. The van der Waals surface area contributed by atoms with Crippen molar-refractivity contribution in [2.24, 2.45) is 5.41 Å². The van der Waals surface area contributed by atoms with Gasteiger partial charge >= 0.3 is 0 Å². The predicted molar refractivity (Wildman–Crippen MR) is 73.5 cm³/mol. The molecular weight excluding hydrogens is 290 g/mol. The van der Waals surface area contributed by atoms with Gasteiger partial charge < -0.3 is 0 Å². The van der Waals surface area contributed by atoms with Crippen molar-refractivity contribution >= 4 is 26.0 Å². The van der Waals surface area contributed by atoms with Gasteiger partial charge in [-0.05, 0) is 32.6 Å². The SMILES string of the molecule is CC(C)(C)C(CCBr)NS(=O)(=O)C(C)(C)C. The molecule has 0 aliphatic heterocycles. The van der Waals surface area contributed by atoms with Gasteiger partial charge in [-0.3, -0.25) is 0 Å². The monoisotopic (exact) mass is 313 g/mol. The summed E-state index contributed by atoms with van der Waals surface area (Å²) in [6, 6.07) is -0.0453. The Hall–Kier alpha value is 0.390. The van der Waals surface area contributed by atoms with E-state index in [0.29, 0.717) is 0 Å². The van der Waals surface area contributed by atoms with Gasteiger partial charge in [0.25, 0.3) is 0 Å². The van der Waals surface area contributed by atoms with E-state index in [1.54, 1.807) is 20.8 Å². The molecule has 0 aromatic heterocycles. The van der Waals surface area contributed by atoms with Gasteiger partial charge in [-0.1, -0.05) is 36.7 Å². The van der Waals surface area contributed by atoms with E-state index < -0.39 is 14.8 Å². The van der Waals surface area contributed by atoms with E-state index in [2.05, 4.69) is 20.7 Å². The summed E-state index contributed by atoms with van der Waals surface area (Å²) < 4.78 is 26.2.